The Morgan fingerprint density at radius 1 is 1.18 bits per heavy atom. The highest BCUT2D eigenvalue weighted by atomic mass is 16.6. The predicted octanol–water partition coefficient (Wildman–Crippen LogP) is 3.39. The fourth-order valence-corrected chi connectivity index (χ4v) is 1.93. The van der Waals surface area contributed by atoms with Crippen molar-refractivity contribution in [3.63, 3.8) is 0 Å². The highest BCUT2D eigenvalue weighted by Gasteiger charge is 2.10. The molecule has 0 bridgehead atoms. The van der Waals surface area contributed by atoms with Gasteiger partial charge >= 0.3 is 0 Å². The average molecular weight is 301 g/mol. The Bertz CT molecular complexity index is 711. The maximum Gasteiger partial charge on any atom is 0.269 e. The molecule has 0 unspecified atom stereocenters. The van der Waals surface area contributed by atoms with Gasteiger partial charge in [-0.2, -0.15) is 0 Å². The number of non-ortho nitro benzene ring substituents is 1. The van der Waals surface area contributed by atoms with Crippen molar-refractivity contribution in [3.8, 4) is 11.5 Å². The second-order valence-corrected chi connectivity index (χ2v) is 4.64. The van der Waals surface area contributed by atoms with Gasteiger partial charge in [0.2, 0.25) is 0 Å². The standard InChI is InChI=1S/C16H15NO5/c1-11(18)13-6-7-15(16(9-13)21-2)22-10-12-4-3-5-14(8-12)17(19)20/h3-9H,10H2,1-2H3. The molecule has 6 heteroatoms. The van der Waals surface area contributed by atoms with Crippen LogP contribution in [0.25, 0.3) is 0 Å². The van der Waals surface area contributed by atoms with Gasteiger partial charge in [0.05, 0.1) is 12.0 Å². The number of carbonyl (C=O) groups excluding carboxylic acids is 1. The first-order chi connectivity index (χ1) is 10.5. The van der Waals surface area contributed by atoms with E-state index in [4.69, 9.17) is 9.47 Å². The van der Waals surface area contributed by atoms with Crippen LogP contribution < -0.4 is 9.47 Å². The molecule has 0 heterocycles. The molecule has 0 N–H and O–H groups in total. The fourth-order valence-electron chi connectivity index (χ4n) is 1.93. The van der Waals surface area contributed by atoms with Crippen LogP contribution in [-0.4, -0.2) is 17.8 Å². The molecule has 0 atom stereocenters. The molecule has 114 valence electrons. The quantitative estimate of drug-likeness (QED) is 0.464. The number of methoxy groups -OCH3 is 1. The van der Waals surface area contributed by atoms with Crippen molar-refractivity contribution in [3.05, 3.63) is 63.7 Å². The Balaban J connectivity index is 2.16. The van der Waals surface area contributed by atoms with E-state index < -0.39 is 4.92 Å². The molecule has 2 aromatic rings. The van der Waals surface area contributed by atoms with E-state index in [1.165, 1.54) is 26.2 Å². The van der Waals surface area contributed by atoms with E-state index in [0.29, 0.717) is 22.6 Å². The van der Waals surface area contributed by atoms with Crippen molar-refractivity contribution >= 4 is 11.5 Å². The minimum atomic E-state index is -0.453. The van der Waals surface area contributed by atoms with Crippen molar-refractivity contribution in [1.29, 1.82) is 0 Å². The SMILES string of the molecule is COc1cc(C(C)=O)ccc1OCc1cccc([N+](=O)[O-])c1. The van der Waals surface area contributed by atoms with Crippen molar-refractivity contribution in [2.24, 2.45) is 0 Å². The summed E-state index contributed by atoms with van der Waals surface area (Å²) in [5, 5.41) is 10.7. The second-order valence-electron chi connectivity index (χ2n) is 4.64. The largest absolute Gasteiger partial charge is 0.493 e. The van der Waals surface area contributed by atoms with Gasteiger partial charge in [-0.15, -0.1) is 0 Å². The topological polar surface area (TPSA) is 78.7 Å². The van der Waals surface area contributed by atoms with Crippen molar-refractivity contribution < 1.29 is 19.2 Å². The summed E-state index contributed by atoms with van der Waals surface area (Å²) < 4.78 is 10.8. The van der Waals surface area contributed by atoms with Gasteiger partial charge < -0.3 is 9.47 Å². The number of rotatable bonds is 6. The summed E-state index contributed by atoms with van der Waals surface area (Å²) in [5.74, 6) is 0.848. The zero-order chi connectivity index (χ0) is 16.1. The molecule has 0 spiro atoms. The molecule has 0 radical (unpaired) electrons. The normalized spacial score (nSPS) is 10.1. The van der Waals surface area contributed by atoms with Crippen LogP contribution in [0.15, 0.2) is 42.5 Å². The number of nitro groups is 1. The lowest BCUT2D eigenvalue weighted by molar-refractivity contribution is -0.384. The molecule has 0 aliphatic heterocycles. The van der Waals surface area contributed by atoms with Gasteiger partial charge in [0, 0.05) is 17.7 Å². The Morgan fingerprint density at radius 3 is 2.59 bits per heavy atom. The van der Waals surface area contributed by atoms with Crippen LogP contribution in [0.3, 0.4) is 0 Å². The van der Waals surface area contributed by atoms with Gasteiger partial charge in [0.25, 0.3) is 5.69 Å². The fraction of sp³-hybridized carbons (Fsp3) is 0.188. The van der Waals surface area contributed by atoms with Crippen LogP contribution >= 0.6 is 0 Å². The van der Waals surface area contributed by atoms with E-state index in [1.807, 2.05) is 0 Å². The molecule has 2 rings (SSSR count). The Hall–Kier alpha value is -2.89. The monoisotopic (exact) mass is 301 g/mol. The van der Waals surface area contributed by atoms with Gasteiger partial charge in [-0.05, 0) is 30.7 Å². The van der Waals surface area contributed by atoms with Gasteiger partial charge in [0.1, 0.15) is 6.61 Å². The van der Waals surface area contributed by atoms with E-state index in [-0.39, 0.29) is 18.1 Å². The zero-order valence-corrected chi connectivity index (χ0v) is 12.2. The minimum absolute atomic E-state index is 0.0139. The van der Waals surface area contributed by atoms with Crippen LogP contribution in [-0.2, 0) is 6.61 Å². The number of benzene rings is 2. The number of Topliss-reactive ketones (excluding diaryl/α,β-unsaturated/α-hetero) is 1. The number of nitro benzene ring substituents is 1. The Labute approximate surface area is 127 Å². The summed E-state index contributed by atoms with van der Waals surface area (Å²) in [5.41, 5.74) is 1.21. The Kier molecular flexibility index (Phi) is 4.73. The first kappa shape index (κ1) is 15.5. The lowest BCUT2D eigenvalue weighted by Crippen LogP contribution is -2.00. The summed E-state index contributed by atoms with van der Waals surface area (Å²) in [6.45, 7) is 1.63. The molecule has 2 aromatic carbocycles. The van der Waals surface area contributed by atoms with Gasteiger partial charge in [-0.25, -0.2) is 0 Å². The molecular formula is C16H15NO5. The molecule has 0 aromatic heterocycles. The third-order valence-corrected chi connectivity index (χ3v) is 3.09. The summed E-state index contributed by atoms with van der Waals surface area (Å²) >= 11 is 0. The molecule has 0 saturated heterocycles. The molecule has 0 aliphatic rings. The summed E-state index contributed by atoms with van der Waals surface area (Å²) in [7, 11) is 1.49. The maximum atomic E-state index is 11.3. The van der Waals surface area contributed by atoms with Crippen molar-refractivity contribution in [2.45, 2.75) is 13.5 Å². The van der Waals surface area contributed by atoms with E-state index in [1.54, 1.807) is 30.3 Å². The summed E-state index contributed by atoms with van der Waals surface area (Å²) in [6.07, 6.45) is 0. The predicted molar refractivity (Wildman–Crippen MR) is 80.4 cm³/mol. The van der Waals surface area contributed by atoms with E-state index in [9.17, 15) is 14.9 Å². The third-order valence-electron chi connectivity index (χ3n) is 3.09. The van der Waals surface area contributed by atoms with E-state index in [2.05, 4.69) is 0 Å². The highest BCUT2D eigenvalue weighted by Crippen LogP contribution is 2.29. The van der Waals surface area contributed by atoms with E-state index >= 15 is 0 Å². The van der Waals surface area contributed by atoms with Crippen LogP contribution in [0, 0.1) is 10.1 Å². The molecule has 0 aliphatic carbocycles. The number of ether oxygens (including phenoxy) is 2. The molecular weight excluding hydrogens is 286 g/mol. The van der Waals surface area contributed by atoms with Crippen LogP contribution in [0.1, 0.15) is 22.8 Å². The summed E-state index contributed by atoms with van der Waals surface area (Å²) in [6, 6.07) is 11.1. The number of ketones is 1. The maximum absolute atomic E-state index is 11.3. The molecule has 0 fully saturated rings. The first-order valence-electron chi connectivity index (χ1n) is 6.56. The number of hydrogen-bond donors (Lipinski definition) is 0. The van der Waals surface area contributed by atoms with Gasteiger partial charge in [0.15, 0.2) is 17.3 Å². The summed E-state index contributed by atoms with van der Waals surface area (Å²) in [4.78, 5) is 21.6. The van der Waals surface area contributed by atoms with Gasteiger partial charge in [-0.3, -0.25) is 14.9 Å². The second kappa shape index (κ2) is 6.71. The van der Waals surface area contributed by atoms with Crippen LogP contribution in [0.4, 0.5) is 5.69 Å². The van der Waals surface area contributed by atoms with Crippen LogP contribution in [0.2, 0.25) is 0 Å². The minimum Gasteiger partial charge on any atom is -0.493 e. The number of hydrogen-bond acceptors (Lipinski definition) is 5. The lowest BCUT2D eigenvalue weighted by Gasteiger charge is -2.11. The molecule has 0 amide bonds. The molecule has 6 nitrogen and oxygen atoms in total. The lowest BCUT2D eigenvalue weighted by atomic mass is 10.1. The number of nitrogens with zero attached hydrogens (tertiary/aromatic N) is 1. The smallest absolute Gasteiger partial charge is 0.269 e. The van der Waals surface area contributed by atoms with Crippen molar-refractivity contribution in [2.75, 3.05) is 7.11 Å². The van der Waals surface area contributed by atoms with Crippen LogP contribution in [0.5, 0.6) is 11.5 Å². The third kappa shape index (κ3) is 3.60. The first-order valence-corrected chi connectivity index (χ1v) is 6.56. The Morgan fingerprint density at radius 2 is 1.95 bits per heavy atom. The molecule has 0 saturated carbocycles. The van der Waals surface area contributed by atoms with E-state index in [0.717, 1.165) is 0 Å². The molecule has 22 heavy (non-hydrogen) atoms. The van der Waals surface area contributed by atoms with Crippen molar-refractivity contribution in [1.82, 2.24) is 0 Å². The number of carbonyl (C=O) groups is 1. The highest BCUT2D eigenvalue weighted by molar-refractivity contribution is 5.94. The van der Waals surface area contributed by atoms with Gasteiger partial charge in [-0.1, -0.05) is 12.1 Å². The zero-order valence-electron chi connectivity index (χ0n) is 12.2. The average Bonchev–Trinajstić information content (AvgIpc) is 2.52.